The van der Waals surface area contributed by atoms with E-state index in [1.54, 1.807) is 13.8 Å². The molecule has 21 heavy (non-hydrogen) atoms. The lowest BCUT2D eigenvalue weighted by Crippen LogP contribution is -2.25. The number of hydrogen-bond acceptors (Lipinski definition) is 5. The van der Waals surface area contributed by atoms with Gasteiger partial charge in [-0.3, -0.25) is 19.4 Å². The first kappa shape index (κ1) is 15.2. The number of aryl methyl sites for hydroxylation is 1. The maximum Gasteiger partial charge on any atom is 0.275 e. The third-order valence-corrected chi connectivity index (χ3v) is 3.23. The number of aliphatic hydroxyl groups excluding tert-OH is 2. The highest BCUT2D eigenvalue weighted by Crippen LogP contribution is 2.17. The molecule has 1 aliphatic rings. The molecule has 0 aromatic carbocycles. The molecule has 0 saturated heterocycles. The van der Waals surface area contributed by atoms with Crippen molar-refractivity contribution in [3.8, 4) is 0 Å². The Hall–Kier alpha value is -2.19. The molecule has 8 nitrogen and oxygen atoms in total. The van der Waals surface area contributed by atoms with Gasteiger partial charge in [0.1, 0.15) is 0 Å². The van der Waals surface area contributed by atoms with Crippen molar-refractivity contribution in [1.29, 1.82) is 0 Å². The van der Waals surface area contributed by atoms with Crippen molar-refractivity contribution in [3.63, 3.8) is 0 Å². The number of hydrazone groups is 1. The minimum Gasteiger partial charge on any atom is -0.394 e. The van der Waals surface area contributed by atoms with E-state index in [-0.39, 0.29) is 37.8 Å². The predicted octanol–water partition coefficient (Wildman–Crippen LogP) is -0.929. The summed E-state index contributed by atoms with van der Waals surface area (Å²) < 4.78 is 1.29. The largest absolute Gasteiger partial charge is 0.394 e. The fraction of sp³-hybridized carbons (Fsp3) is 0.462. The van der Waals surface area contributed by atoms with Crippen LogP contribution in [0, 0.1) is 6.92 Å². The van der Waals surface area contributed by atoms with Crippen LogP contribution < -0.4 is 5.56 Å². The standard InChI is InChI=1S/C13H18N4O4/c1-8-10(12(20)16(14-8)3-5-18)7-11-9(2)15-17(4-6-19)13(11)21/h7,14,18-19H,3-6H2,1-2H3/b11-7+. The molecule has 8 heteroatoms. The summed E-state index contributed by atoms with van der Waals surface area (Å²) in [4.78, 5) is 24.3. The lowest BCUT2D eigenvalue weighted by molar-refractivity contribution is -0.126. The molecular weight excluding hydrogens is 276 g/mol. The number of amides is 1. The van der Waals surface area contributed by atoms with E-state index in [4.69, 9.17) is 10.2 Å². The molecule has 0 atom stereocenters. The third-order valence-electron chi connectivity index (χ3n) is 3.23. The van der Waals surface area contributed by atoms with Crippen LogP contribution in [0.25, 0.3) is 6.08 Å². The predicted molar refractivity (Wildman–Crippen MR) is 76.8 cm³/mol. The fourth-order valence-corrected chi connectivity index (χ4v) is 2.18. The van der Waals surface area contributed by atoms with Crippen LogP contribution >= 0.6 is 0 Å². The second-order valence-corrected chi connectivity index (χ2v) is 4.73. The zero-order chi connectivity index (χ0) is 15.6. The van der Waals surface area contributed by atoms with Gasteiger partial charge >= 0.3 is 0 Å². The summed E-state index contributed by atoms with van der Waals surface area (Å²) in [7, 11) is 0. The van der Waals surface area contributed by atoms with Crippen LogP contribution in [-0.2, 0) is 11.3 Å². The van der Waals surface area contributed by atoms with Crippen molar-refractivity contribution >= 4 is 17.7 Å². The van der Waals surface area contributed by atoms with E-state index in [0.29, 0.717) is 22.5 Å². The van der Waals surface area contributed by atoms with Crippen LogP contribution in [0.15, 0.2) is 15.5 Å². The molecule has 1 aromatic heterocycles. The molecule has 0 unspecified atom stereocenters. The molecular formula is C13H18N4O4. The van der Waals surface area contributed by atoms with Gasteiger partial charge < -0.3 is 10.2 Å². The number of nitrogens with one attached hydrogen (secondary N) is 1. The highest BCUT2D eigenvalue weighted by atomic mass is 16.3. The minimum absolute atomic E-state index is 0.119. The van der Waals surface area contributed by atoms with Gasteiger partial charge in [0.05, 0.1) is 43.2 Å². The van der Waals surface area contributed by atoms with Crippen molar-refractivity contribution in [3.05, 3.63) is 27.2 Å². The minimum atomic E-state index is -0.338. The first-order chi connectivity index (χ1) is 9.99. The van der Waals surface area contributed by atoms with Crippen molar-refractivity contribution in [2.24, 2.45) is 5.10 Å². The van der Waals surface area contributed by atoms with Crippen molar-refractivity contribution < 1.29 is 15.0 Å². The van der Waals surface area contributed by atoms with Gasteiger partial charge in [-0.1, -0.05) is 0 Å². The highest BCUT2D eigenvalue weighted by Gasteiger charge is 2.27. The molecule has 0 radical (unpaired) electrons. The molecule has 0 aliphatic carbocycles. The summed E-state index contributed by atoms with van der Waals surface area (Å²) in [6, 6.07) is 0. The second-order valence-electron chi connectivity index (χ2n) is 4.73. The van der Waals surface area contributed by atoms with Crippen LogP contribution in [0.2, 0.25) is 0 Å². The summed E-state index contributed by atoms with van der Waals surface area (Å²) in [5, 5.41) is 25.9. The van der Waals surface area contributed by atoms with Crippen LogP contribution in [-0.4, -0.2) is 56.4 Å². The Morgan fingerprint density at radius 1 is 1.19 bits per heavy atom. The number of hydrogen-bond donors (Lipinski definition) is 3. The number of nitrogens with zero attached hydrogens (tertiary/aromatic N) is 3. The Labute approximate surface area is 121 Å². The van der Waals surface area contributed by atoms with Gasteiger partial charge in [0.2, 0.25) is 0 Å². The number of carbonyl (C=O) groups is 1. The van der Waals surface area contributed by atoms with Gasteiger partial charge in [-0.2, -0.15) is 5.10 Å². The van der Waals surface area contributed by atoms with Crippen molar-refractivity contribution in [2.45, 2.75) is 20.4 Å². The third kappa shape index (κ3) is 2.81. The molecule has 1 aliphatic heterocycles. The van der Waals surface area contributed by atoms with Crippen LogP contribution in [0.1, 0.15) is 18.2 Å². The first-order valence-electron chi connectivity index (χ1n) is 6.59. The van der Waals surface area contributed by atoms with Gasteiger partial charge in [-0.15, -0.1) is 0 Å². The number of β-amino-alcohol motifs (C(OH)–C–C–N with tert-alkyl or cyclic N) is 1. The number of aromatic amines is 1. The van der Waals surface area contributed by atoms with Crippen LogP contribution in [0.4, 0.5) is 0 Å². The summed E-state index contributed by atoms with van der Waals surface area (Å²) in [6.07, 6.45) is 1.50. The van der Waals surface area contributed by atoms with E-state index < -0.39 is 0 Å². The van der Waals surface area contributed by atoms with E-state index >= 15 is 0 Å². The normalized spacial score (nSPS) is 17.0. The number of aliphatic hydroxyl groups is 2. The second kappa shape index (κ2) is 6.06. The summed E-state index contributed by atoms with van der Waals surface area (Å²) >= 11 is 0. The Kier molecular flexibility index (Phi) is 4.39. The molecule has 2 rings (SSSR count). The molecule has 3 N–H and O–H groups in total. The fourth-order valence-electron chi connectivity index (χ4n) is 2.18. The topological polar surface area (TPSA) is 111 Å². The molecule has 0 bridgehead atoms. The highest BCUT2D eigenvalue weighted by molar-refractivity contribution is 6.26. The summed E-state index contributed by atoms with van der Waals surface area (Å²) in [5.74, 6) is -0.338. The SMILES string of the molecule is CC1=NN(CCO)C(=O)/C1=C/c1c(C)[nH]n(CCO)c1=O. The Morgan fingerprint density at radius 3 is 2.48 bits per heavy atom. The average molecular weight is 294 g/mol. The van der Waals surface area contributed by atoms with Crippen molar-refractivity contribution in [1.82, 2.24) is 14.8 Å². The molecule has 0 fully saturated rings. The number of rotatable bonds is 5. The molecule has 0 spiro atoms. The van der Waals surface area contributed by atoms with E-state index in [9.17, 15) is 9.59 Å². The maximum atomic E-state index is 12.2. The lowest BCUT2D eigenvalue weighted by atomic mass is 10.1. The van der Waals surface area contributed by atoms with Gasteiger partial charge in [0, 0.05) is 5.69 Å². The molecule has 0 saturated carbocycles. The summed E-state index contributed by atoms with van der Waals surface area (Å²) in [5.41, 5.74) is 1.52. The van der Waals surface area contributed by atoms with Gasteiger partial charge in [0.25, 0.3) is 11.5 Å². The number of H-pyrrole nitrogens is 1. The monoisotopic (exact) mass is 294 g/mol. The molecule has 114 valence electrons. The smallest absolute Gasteiger partial charge is 0.275 e. The average Bonchev–Trinajstić information content (AvgIpc) is 2.84. The van der Waals surface area contributed by atoms with E-state index in [1.165, 1.54) is 15.8 Å². The number of aromatic nitrogens is 2. The van der Waals surface area contributed by atoms with Gasteiger partial charge in [0.15, 0.2) is 0 Å². The van der Waals surface area contributed by atoms with Gasteiger partial charge in [-0.05, 0) is 19.9 Å². The van der Waals surface area contributed by atoms with E-state index in [0.717, 1.165) is 0 Å². The Bertz CT molecular complexity index is 668. The Morgan fingerprint density at radius 2 is 1.86 bits per heavy atom. The quantitative estimate of drug-likeness (QED) is 0.609. The van der Waals surface area contributed by atoms with E-state index in [2.05, 4.69) is 10.2 Å². The molecule has 2 heterocycles. The molecule has 1 aromatic rings. The van der Waals surface area contributed by atoms with Gasteiger partial charge in [-0.25, -0.2) is 5.01 Å². The maximum absolute atomic E-state index is 12.2. The zero-order valence-electron chi connectivity index (χ0n) is 12.0. The Balaban J connectivity index is 2.39. The molecule has 1 amide bonds. The van der Waals surface area contributed by atoms with Crippen LogP contribution in [0.5, 0.6) is 0 Å². The summed E-state index contributed by atoms with van der Waals surface area (Å²) in [6.45, 7) is 3.35. The van der Waals surface area contributed by atoms with E-state index in [1.807, 2.05) is 0 Å². The van der Waals surface area contributed by atoms with Crippen molar-refractivity contribution in [2.75, 3.05) is 19.8 Å². The number of carbonyl (C=O) groups excluding carboxylic acids is 1. The zero-order valence-corrected chi connectivity index (χ0v) is 12.0. The van der Waals surface area contributed by atoms with Crippen LogP contribution in [0.3, 0.4) is 0 Å². The lowest BCUT2D eigenvalue weighted by Gasteiger charge is -2.08. The first-order valence-corrected chi connectivity index (χ1v) is 6.59.